The molecule has 228 valence electrons. The van der Waals surface area contributed by atoms with Crippen molar-refractivity contribution in [3.63, 3.8) is 0 Å². The number of unbranched alkanes of at least 4 members (excludes halogenated alkanes) is 7. The summed E-state index contributed by atoms with van der Waals surface area (Å²) in [5, 5.41) is 4.08. The number of nitrogens with zero attached hydrogens (tertiary/aromatic N) is 3. The van der Waals surface area contributed by atoms with Gasteiger partial charge in [-0.3, -0.25) is 4.98 Å². The zero-order chi connectivity index (χ0) is 30.3. The van der Waals surface area contributed by atoms with Crippen LogP contribution in [0.5, 0.6) is 0 Å². The molecule has 0 unspecified atom stereocenters. The Bertz CT molecular complexity index is 1270. The van der Waals surface area contributed by atoms with E-state index in [0.29, 0.717) is 22.4 Å². The zero-order valence-corrected chi connectivity index (χ0v) is 26.9. The van der Waals surface area contributed by atoms with Gasteiger partial charge in [0.25, 0.3) is 0 Å². The van der Waals surface area contributed by atoms with Gasteiger partial charge in [-0.25, -0.2) is 19.9 Å². The summed E-state index contributed by atoms with van der Waals surface area (Å²) in [6, 6.07) is 9.20. The first-order valence-corrected chi connectivity index (χ1v) is 16.1. The van der Waals surface area contributed by atoms with E-state index in [0.717, 1.165) is 40.4 Å². The standard InChI is InChI=1S/C31H40Cl2N4O4S/c1-4-5-6-7-8-9-10-11-16-40-30(38)36-31(39)41-21-27-35-28(22(2)3)29(37(27)20-23-12-14-34-15-13-23)42-26-18-24(32)17-25(33)19-26/h12-15,17-19,22H,4-11,16,20-21H2,1-3H3,(H,36,38,39). The second-order valence-electron chi connectivity index (χ2n) is 10.3. The Hall–Kier alpha value is -2.75. The predicted octanol–water partition coefficient (Wildman–Crippen LogP) is 9.41. The summed E-state index contributed by atoms with van der Waals surface area (Å²) >= 11 is 14.0. The molecule has 8 nitrogen and oxygen atoms in total. The first-order chi connectivity index (χ1) is 20.3. The second-order valence-corrected chi connectivity index (χ2v) is 12.3. The van der Waals surface area contributed by atoms with Crippen LogP contribution in [0.3, 0.4) is 0 Å². The molecule has 0 bridgehead atoms. The molecule has 2 aromatic heterocycles. The largest absolute Gasteiger partial charge is 0.449 e. The minimum atomic E-state index is -0.892. The molecular weight excluding hydrogens is 595 g/mol. The van der Waals surface area contributed by atoms with E-state index in [2.05, 4.69) is 17.2 Å². The molecule has 0 aliphatic rings. The van der Waals surface area contributed by atoms with E-state index in [1.54, 1.807) is 18.5 Å². The van der Waals surface area contributed by atoms with Gasteiger partial charge in [0.2, 0.25) is 0 Å². The van der Waals surface area contributed by atoms with Gasteiger partial charge in [-0.15, -0.1) is 0 Å². The van der Waals surface area contributed by atoms with Crippen molar-refractivity contribution in [2.75, 3.05) is 6.61 Å². The number of imide groups is 1. The fourth-order valence-electron chi connectivity index (χ4n) is 4.32. The number of benzene rings is 1. The maximum Gasteiger partial charge on any atom is 0.417 e. The van der Waals surface area contributed by atoms with Crippen LogP contribution in [-0.4, -0.2) is 33.3 Å². The van der Waals surface area contributed by atoms with Crippen molar-refractivity contribution < 1.29 is 19.1 Å². The second kappa shape index (κ2) is 18.0. The number of nitrogens with one attached hydrogen (secondary N) is 1. The number of aromatic nitrogens is 3. The normalized spacial score (nSPS) is 11.1. The highest BCUT2D eigenvalue weighted by Gasteiger charge is 2.22. The third-order valence-electron chi connectivity index (χ3n) is 6.48. The van der Waals surface area contributed by atoms with Gasteiger partial charge < -0.3 is 14.0 Å². The Labute approximate surface area is 262 Å². The van der Waals surface area contributed by atoms with Crippen LogP contribution >= 0.6 is 35.0 Å². The van der Waals surface area contributed by atoms with Crippen LogP contribution in [0.1, 0.15) is 95.1 Å². The van der Waals surface area contributed by atoms with Crippen LogP contribution in [0, 0.1) is 0 Å². The van der Waals surface area contributed by atoms with Crippen molar-refractivity contribution in [1.29, 1.82) is 0 Å². The number of carbonyl (C=O) groups is 2. The molecule has 0 radical (unpaired) electrons. The maximum absolute atomic E-state index is 12.4. The van der Waals surface area contributed by atoms with Gasteiger partial charge in [0, 0.05) is 27.3 Å². The number of hydrogen-bond acceptors (Lipinski definition) is 7. The molecule has 0 spiro atoms. The summed E-state index contributed by atoms with van der Waals surface area (Å²) in [6.07, 6.45) is 10.8. The SMILES string of the molecule is CCCCCCCCCCOC(=O)NC(=O)OCc1nc(C(C)C)c(Sc2cc(Cl)cc(Cl)c2)n1Cc1ccncc1. The maximum atomic E-state index is 12.4. The smallest absolute Gasteiger partial charge is 0.417 e. The lowest BCUT2D eigenvalue weighted by Crippen LogP contribution is -2.32. The number of hydrogen-bond donors (Lipinski definition) is 1. The highest BCUT2D eigenvalue weighted by Crippen LogP contribution is 2.37. The minimum Gasteiger partial charge on any atom is -0.449 e. The molecule has 0 atom stereocenters. The van der Waals surface area contributed by atoms with E-state index >= 15 is 0 Å². The van der Waals surface area contributed by atoms with Crippen LogP contribution in [0.4, 0.5) is 9.59 Å². The van der Waals surface area contributed by atoms with Gasteiger partial charge >= 0.3 is 12.2 Å². The number of alkyl carbamates (subject to hydrolysis) is 2. The molecule has 3 aromatic rings. The monoisotopic (exact) mass is 634 g/mol. The lowest BCUT2D eigenvalue weighted by atomic mass is 10.1. The third-order valence-corrected chi connectivity index (χ3v) is 8.01. The van der Waals surface area contributed by atoms with Gasteiger partial charge in [-0.05, 0) is 48.2 Å². The minimum absolute atomic E-state index is 0.0831. The summed E-state index contributed by atoms with van der Waals surface area (Å²) < 4.78 is 12.6. The Kier molecular flexibility index (Phi) is 14.5. The zero-order valence-electron chi connectivity index (χ0n) is 24.5. The van der Waals surface area contributed by atoms with E-state index in [4.69, 9.17) is 37.7 Å². The number of halogens is 2. The molecule has 11 heteroatoms. The van der Waals surface area contributed by atoms with Crippen molar-refractivity contribution in [3.8, 4) is 0 Å². The Morgan fingerprint density at radius 2 is 1.55 bits per heavy atom. The third kappa shape index (κ3) is 11.5. The van der Waals surface area contributed by atoms with Gasteiger partial charge in [0.05, 0.1) is 18.8 Å². The number of pyridine rings is 1. The topological polar surface area (TPSA) is 95.3 Å². The van der Waals surface area contributed by atoms with Crippen molar-refractivity contribution in [3.05, 3.63) is 69.9 Å². The molecule has 0 aliphatic carbocycles. The van der Waals surface area contributed by atoms with E-state index in [1.165, 1.54) is 43.9 Å². The molecule has 1 N–H and O–H groups in total. The highest BCUT2D eigenvalue weighted by molar-refractivity contribution is 7.99. The van der Waals surface area contributed by atoms with Crippen molar-refractivity contribution in [2.24, 2.45) is 0 Å². The average Bonchev–Trinajstić information content (AvgIpc) is 3.27. The van der Waals surface area contributed by atoms with E-state index in [9.17, 15) is 9.59 Å². The van der Waals surface area contributed by atoms with Crippen LogP contribution in [0.15, 0.2) is 52.6 Å². The lowest BCUT2D eigenvalue weighted by molar-refractivity contribution is 0.117. The summed E-state index contributed by atoms with van der Waals surface area (Å²) in [5.74, 6) is 0.619. The molecular formula is C31H40Cl2N4O4S. The van der Waals surface area contributed by atoms with E-state index < -0.39 is 12.2 Å². The molecule has 2 heterocycles. The quantitative estimate of drug-likeness (QED) is 0.157. The highest BCUT2D eigenvalue weighted by atomic mass is 35.5. The first-order valence-electron chi connectivity index (χ1n) is 14.5. The van der Waals surface area contributed by atoms with Crippen LogP contribution in [0.25, 0.3) is 0 Å². The van der Waals surface area contributed by atoms with Crippen LogP contribution in [0.2, 0.25) is 10.0 Å². The fourth-order valence-corrected chi connectivity index (χ4v) is 6.23. The molecule has 0 fully saturated rings. The lowest BCUT2D eigenvalue weighted by Gasteiger charge is -2.14. The fraction of sp³-hybridized carbons (Fsp3) is 0.484. The predicted molar refractivity (Wildman–Crippen MR) is 168 cm³/mol. The van der Waals surface area contributed by atoms with Crippen LogP contribution in [-0.2, 0) is 22.6 Å². The molecule has 1 aromatic carbocycles. The van der Waals surface area contributed by atoms with Gasteiger partial charge in [-0.2, -0.15) is 0 Å². The number of ether oxygens (including phenoxy) is 2. The summed E-state index contributed by atoms with van der Waals surface area (Å²) in [6.45, 7) is 6.90. The number of carbonyl (C=O) groups excluding carboxylic acids is 2. The Morgan fingerprint density at radius 3 is 2.19 bits per heavy atom. The van der Waals surface area contributed by atoms with E-state index in [-0.39, 0.29) is 19.1 Å². The molecule has 0 saturated heterocycles. The molecule has 0 aliphatic heterocycles. The van der Waals surface area contributed by atoms with Gasteiger partial charge in [-0.1, -0.05) is 101 Å². The van der Waals surface area contributed by atoms with Crippen molar-refractivity contribution in [2.45, 2.75) is 101 Å². The molecule has 0 saturated carbocycles. The van der Waals surface area contributed by atoms with Crippen molar-refractivity contribution in [1.82, 2.24) is 19.9 Å². The summed E-state index contributed by atoms with van der Waals surface area (Å²) in [7, 11) is 0. The van der Waals surface area contributed by atoms with Crippen molar-refractivity contribution >= 4 is 47.2 Å². The number of imidazole rings is 1. The molecule has 3 rings (SSSR count). The Morgan fingerprint density at radius 1 is 0.929 bits per heavy atom. The first kappa shape index (κ1) is 33.7. The molecule has 2 amide bonds. The summed E-state index contributed by atoms with van der Waals surface area (Å²) in [4.78, 5) is 34.3. The number of amides is 2. The Balaban J connectivity index is 1.63. The molecule has 42 heavy (non-hydrogen) atoms. The summed E-state index contributed by atoms with van der Waals surface area (Å²) in [5.41, 5.74) is 1.84. The number of rotatable bonds is 16. The van der Waals surface area contributed by atoms with Crippen LogP contribution < -0.4 is 5.32 Å². The average molecular weight is 636 g/mol. The van der Waals surface area contributed by atoms with Gasteiger partial charge in [0.1, 0.15) is 10.9 Å². The van der Waals surface area contributed by atoms with E-state index in [1.807, 2.05) is 42.7 Å². The van der Waals surface area contributed by atoms with Gasteiger partial charge in [0.15, 0.2) is 6.61 Å².